The van der Waals surface area contributed by atoms with Gasteiger partial charge in [-0.25, -0.2) is 9.37 Å². The Kier molecular flexibility index (Phi) is 3.93. The molecule has 0 saturated heterocycles. The molecule has 0 bridgehead atoms. The van der Waals surface area contributed by atoms with Gasteiger partial charge in [0.1, 0.15) is 12.2 Å². The minimum Gasteiger partial charge on any atom is -0.368 e. The molecule has 4 rings (SSSR count). The van der Waals surface area contributed by atoms with E-state index in [0.29, 0.717) is 34.5 Å². The van der Waals surface area contributed by atoms with Crippen molar-refractivity contribution in [2.75, 3.05) is 17.2 Å². The zero-order chi connectivity index (χ0) is 19.0. The number of hydrogen-bond acceptors (Lipinski definition) is 5. The summed E-state index contributed by atoms with van der Waals surface area (Å²) in [5.41, 5.74) is 3.28. The number of nitrogens with zero attached hydrogens (tertiary/aromatic N) is 4. The number of anilines is 2. The van der Waals surface area contributed by atoms with Gasteiger partial charge in [-0.3, -0.25) is 9.89 Å². The molecule has 0 fully saturated rings. The van der Waals surface area contributed by atoms with Crippen LogP contribution in [-0.2, 0) is 4.79 Å². The van der Waals surface area contributed by atoms with Crippen LogP contribution >= 0.6 is 0 Å². The molecule has 9 heteroatoms. The standard InChI is InChI=1S/C18H14FN7O/c1-10-15(11-2-3-14-24-13(22-9-27)8-26(14)7-11)12-6-23-25-17(12)18(16(10)19)21-5-4-20/h2-3,6-9,21H,5H2,1H3,(H,22,27)(H,23,25). The molecule has 8 nitrogen and oxygen atoms in total. The molecule has 0 spiro atoms. The van der Waals surface area contributed by atoms with Crippen LogP contribution in [0.4, 0.5) is 15.9 Å². The Morgan fingerprint density at radius 1 is 1.41 bits per heavy atom. The summed E-state index contributed by atoms with van der Waals surface area (Å²) in [6.45, 7) is 1.67. The van der Waals surface area contributed by atoms with Gasteiger partial charge in [0.2, 0.25) is 6.41 Å². The summed E-state index contributed by atoms with van der Waals surface area (Å²) in [6, 6.07) is 5.57. The number of aromatic amines is 1. The Bertz CT molecular complexity index is 1220. The van der Waals surface area contributed by atoms with Gasteiger partial charge >= 0.3 is 0 Å². The summed E-state index contributed by atoms with van der Waals surface area (Å²) in [6.07, 6.45) is 5.68. The lowest BCUT2D eigenvalue weighted by atomic mass is 9.96. The van der Waals surface area contributed by atoms with Crippen LogP contribution < -0.4 is 10.6 Å². The lowest BCUT2D eigenvalue weighted by Gasteiger charge is -2.14. The van der Waals surface area contributed by atoms with E-state index in [4.69, 9.17) is 5.26 Å². The van der Waals surface area contributed by atoms with Crippen molar-refractivity contribution in [1.29, 1.82) is 5.26 Å². The quantitative estimate of drug-likeness (QED) is 0.373. The second-order valence-electron chi connectivity index (χ2n) is 5.93. The largest absolute Gasteiger partial charge is 0.368 e. The predicted octanol–water partition coefficient (Wildman–Crippen LogP) is 2.83. The Hall–Kier alpha value is -3.93. The Morgan fingerprint density at radius 3 is 3.04 bits per heavy atom. The van der Waals surface area contributed by atoms with Crippen molar-refractivity contribution in [3.63, 3.8) is 0 Å². The van der Waals surface area contributed by atoms with Crippen LogP contribution in [0.3, 0.4) is 0 Å². The van der Waals surface area contributed by atoms with Crippen LogP contribution in [0.25, 0.3) is 27.7 Å². The van der Waals surface area contributed by atoms with E-state index in [1.54, 1.807) is 29.8 Å². The van der Waals surface area contributed by atoms with Crippen LogP contribution in [0.2, 0.25) is 0 Å². The first-order valence-electron chi connectivity index (χ1n) is 8.09. The van der Waals surface area contributed by atoms with Crippen molar-refractivity contribution in [3.05, 3.63) is 42.1 Å². The summed E-state index contributed by atoms with van der Waals surface area (Å²) >= 11 is 0. The SMILES string of the molecule is Cc1c(F)c(NCC#N)c2[nH]ncc2c1-c1ccc2nc(NC=O)cn2c1. The van der Waals surface area contributed by atoms with Gasteiger partial charge in [-0.1, -0.05) is 0 Å². The second-order valence-corrected chi connectivity index (χ2v) is 5.93. The fourth-order valence-electron chi connectivity index (χ4n) is 3.21. The first-order chi connectivity index (χ1) is 13.1. The van der Waals surface area contributed by atoms with E-state index in [1.807, 2.05) is 18.3 Å². The van der Waals surface area contributed by atoms with Gasteiger partial charge in [0.25, 0.3) is 0 Å². The molecule has 4 aromatic rings. The van der Waals surface area contributed by atoms with E-state index >= 15 is 4.39 Å². The van der Waals surface area contributed by atoms with Gasteiger partial charge in [-0.2, -0.15) is 10.4 Å². The minimum absolute atomic E-state index is 0.0165. The number of hydrogen-bond donors (Lipinski definition) is 3. The third-order valence-corrected chi connectivity index (χ3v) is 4.37. The number of benzene rings is 1. The summed E-state index contributed by atoms with van der Waals surface area (Å²) in [5, 5.41) is 21.7. The molecule has 1 aromatic carbocycles. The van der Waals surface area contributed by atoms with Gasteiger partial charge in [-0.15, -0.1) is 0 Å². The van der Waals surface area contributed by atoms with Gasteiger partial charge in [-0.05, 0) is 30.2 Å². The van der Waals surface area contributed by atoms with Crippen LogP contribution in [0.5, 0.6) is 0 Å². The number of imidazole rings is 1. The summed E-state index contributed by atoms with van der Waals surface area (Å²) in [4.78, 5) is 14.9. The first kappa shape index (κ1) is 16.5. The van der Waals surface area contributed by atoms with E-state index in [0.717, 1.165) is 10.9 Å². The number of fused-ring (bicyclic) bond motifs is 2. The number of H-pyrrole nitrogens is 1. The Morgan fingerprint density at radius 2 is 2.26 bits per heavy atom. The lowest BCUT2D eigenvalue weighted by Crippen LogP contribution is -2.04. The van der Waals surface area contributed by atoms with Crippen LogP contribution in [-0.4, -0.2) is 32.5 Å². The van der Waals surface area contributed by atoms with Crippen molar-refractivity contribution in [1.82, 2.24) is 19.6 Å². The first-order valence-corrected chi connectivity index (χ1v) is 8.09. The van der Waals surface area contributed by atoms with Crippen LogP contribution in [0.15, 0.2) is 30.7 Å². The normalized spacial score (nSPS) is 10.9. The molecule has 0 aliphatic rings. The average molecular weight is 363 g/mol. The molecule has 3 N–H and O–H groups in total. The third kappa shape index (κ3) is 2.64. The topological polar surface area (TPSA) is 111 Å². The molecule has 1 amide bonds. The molecule has 0 atom stereocenters. The Labute approximate surface area is 152 Å². The van der Waals surface area contributed by atoms with Crippen molar-refractivity contribution in [3.8, 4) is 17.2 Å². The summed E-state index contributed by atoms with van der Waals surface area (Å²) < 4.78 is 16.8. The molecule has 134 valence electrons. The maximum absolute atomic E-state index is 15.0. The van der Waals surface area contributed by atoms with Crippen molar-refractivity contribution < 1.29 is 9.18 Å². The lowest BCUT2D eigenvalue weighted by molar-refractivity contribution is -0.105. The van der Waals surface area contributed by atoms with Crippen LogP contribution in [0, 0.1) is 24.1 Å². The molecule has 3 aromatic heterocycles. The number of pyridine rings is 1. The summed E-state index contributed by atoms with van der Waals surface area (Å²) in [7, 11) is 0. The van der Waals surface area contributed by atoms with E-state index in [-0.39, 0.29) is 12.2 Å². The second kappa shape index (κ2) is 6.42. The fraction of sp³-hybridized carbons (Fsp3) is 0.111. The zero-order valence-corrected chi connectivity index (χ0v) is 14.2. The van der Waals surface area contributed by atoms with E-state index in [2.05, 4.69) is 25.8 Å². The smallest absolute Gasteiger partial charge is 0.212 e. The van der Waals surface area contributed by atoms with Crippen molar-refractivity contribution in [2.24, 2.45) is 0 Å². The number of carbonyl (C=O) groups is 1. The van der Waals surface area contributed by atoms with E-state index in [1.165, 1.54) is 0 Å². The zero-order valence-electron chi connectivity index (χ0n) is 14.2. The highest BCUT2D eigenvalue weighted by Gasteiger charge is 2.20. The van der Waals surface area contributed by atoms with Gasteiger partial charge in [0.15, 0.2) is 11.6 Å². The van der Waals surface area contributed by atoms with Gasteiger partial charge < -0.3 is 15.0 Å². The highest BCUT2D eigenvalue weighted by atomic mass is 19.1. The average Bonchev–Trinajstić information content (AvgIpc) is 3.28. The molecular formula is C18H14FN7O. The minimum atomic E-state index is -0.439. The number of carbonyl (C=O) groups excluding carboxylic acids is 1. The molecule has 0 aliphatic carbocycles. The van der Waals surface area contributed by atoms with Crippen LogP contribution in [0.1, 0.15) is 5.56 Å². The number of nitrogens with one attached hydrogen (secondary N) is 3. The number of amides is 1. The van der Waals surface area contributed by atoms with E-state index < -0.39 is 5.82 Å². The molecule has 0 saturated carbocycles. The van der Waals surface area contributed by atoms with Gasteiger partial charge in [0.05, 0.1) is 29.7 Å². The van der Waals surface area contributed by atoms with Crippen molar-refractivity contribution in [2.45, 2.75) is 6.92 Å². The molecule has 27 heavy (non-hydrogen) atoms. The summed E-state index contributed by atoms with van der Waals surface area (Å²) in [5.74, 6) is -0.0133. The highest BCUT2D eigenvalue weighted by Crippen LogP contribution is 2.38. The highest BCUT2D eigenvalue weighted by molar-refractivity contribution is 6.03. The number of nitriles is 1. The van der Waals surface area contributed by atoms with Gasteiger partial charge in [0, 0.05) is 17.1 Å². The molecule has 0 radical (unpaired) electrons. The number of halogens is 1. The predicted molar refractivity (Wildman–Crippen MR) is 98.8 cm³/mol. The monoisotopic (exact) mass is 363 g/mol. The number of aromatic nitrogens is 4. The Balaban J connectivity index is 1.92. The maximum Gasteiger partial charge on any atom is 0.212 e. The molecule has 0 aliphatic heterocycles. The fourth-order valence-corrected chi connectivity index (χ4v) is 3.21. The number of rotatable bonds is 5. The van der Waals surface area contributed by atoms with Crippen molar-refractivity contribution >= 4 is 34.5 Å². The van der Waals surface area contributed by atoms with E-state index in [9.17, 15) is 4.79 Å². The molecule has 0 unspecified atom stereocenters. The third-order valence-electron chi connectivity index (χ3n) is 4.37. The molecular weight excluding hydrogens is 349 g/mol. The maximum atomic E-state index is 15.0. The molecule has 3 heterocycles.